The average molecular weight is 285 g/mol. The van der Waals surface area contributed by atoms with E-state index in [0.717, 1.165) is 11.1 Å². The number of carboxylic acid groups (broad SMARTS) is 2. The minimum atomic E-state index is -1.20. The number of fused-ring (bicyclic) bond motifs is 1. The van der Waals surface area contributed by atoms with Crippen LogP contribution < -0.4 is 10.6 Å². The minimum absolute atomic E-state index is 0.493. The van der Waals surface area contributed by atoms with Gasteiger partial charge in [-0.15, -0.1) is 0 Å². The molecule has 0 saturated heterocycles. The highest BCUT2D eigenvalue weighted by molar-refractivity contribution is 6.30. The smallest absolute Gasteiger partial charge is 0.405 e. The number of halogens is 1. The van der Waals surface area contributed by atoms with Crippen molar-refractivity contribution in [2.75, 3.05) is 0 Å². The van der Waals surface area contributed by atoms with Crippen molar-refractivity contribution in [3.05, 3.63) is 34.3 Å². The third kappa shape index (κ3) is 3.08. The summed E-state index contributed by atoms with van der Waals surface area (Å²) < 4.78 is 0. The summed E-state index contributed by atoms with van der Waals surface area (Å²) in [7, 11) is 0. The first-order chi connectivity index (χ1) is 8.97. The van der Waals surface area contributed by atoms with Gasteiger partial charge in [0.15, 0.2) is 0 Å². The highest BCUT2D eigenvalue weighted by Gasteiger charge is 2.32. The molecule has 102 valence electrons. The van der Waals surface area contributed by atoms with E-state index in [4.69, 9.17) is 21.8 Å². The van der Waals surface area contributed by atoms with Gasteiger partial charge in [-0.1, -0.05) is 17.7 Å². The van der Waals surface area contributed by atoms with Crippen LogP contribution in [0, 0.1) is 0 Å². The van der Waals surface area contributed by atoms with Crippen molar-refractivity contribution in [1.29, 1.82) is 0 Å². The van der Waals surface area contributed by atoms with Gasteiger partial charge < -0.3 is 20.8 Å². The van der Waals surface area contributed by atoms with Crippen molar-refractivity contribution in [1.82, 2.24) is 10.6 Å². The molecule has 6 nitrogen and oxygen atoms in total. The number of rotatable bonds is 2. The second-order valence-corrected chi connectivity index (χ2v) is 4.80. The Balaban J connectivity index is 2.35. The van der Waals surface area contributed by atoms with E-state index in [0.29, 0.717) is 17.9 Å². The van der Waals surface area contributed by atoms with Crippen LogP contribution in [0.2, 0.25) is 5.02 Å². The SMILES string of the molecule is O=C(O)N[C@@H]1CCc2ccc(Cl)cc2[C@@H]1NC(=O)O. The van der Waals surface area contributed by atoms with Crippen LogP contribution in [-0.2, 0) is 6.42 Å². The summed E-state index contributed by atoms with van der Waals surface area (Å²) in [4.78, 5) is 21.6. The molecule has 0 fully saturated rings. The van der Waals surface area contributed by atoms with Crippen LogP contribution in [0.4, 0.5) is 9.59 Å². The van der Waals surface area contributed by atoms with Crippen LogP contribution in [0.3, 0.4) is 0 Å². The average Bonchev–Trinajstić information content (AvgIpc) is 2.31. The molecule has 4 N–H and O–H groups in total. The predicted octanol–water partition coefficient (Wildman–Crippen LogP) is 2.23. The number of hydrogen-bond acceptors (Lipinski definition) is 2. The Morgan fingerprint density at radius 3 is 2.53 bits per heavy atom. The van der Waals surface area contributed by atoms with Crippen LogP contribution in [-0.4, -0.2) is 28.4 Å². The van der Waals surface area contributed by atoms with E-state index in [1.807, 2.05) is 6.07 Å². The summed E-state index contributed by atoms with van der Waals surface area (Å²) in [5, 5.41) is 22.9. The summed E-state index contributed by atoms with van der Waals surface area (Å²) in [6, 6.07) is 4.12. The molecule has 0 spiro atoms. The minimum Gasteiger partial charge on any atom is -0.465 e. The van der Waals surface area contributed by atoms with Gasteiger partial charge in [0.1, 0.15) is 0 Å². The zero-order valence-corrected chi connectivity index (χ0v) is 10.6. The Hall–Kier alpha value is -1.95. The van der Waals surface area contributed by atoms with Crippen LogP contribution >= 0.6 is 11.6 Å². The standard InChI is InChI=1S/C12H13ClN2O4/c13-7-3-1-6-2-4-9(14-11(16)17)10(8(6)5-7)15-12(18)19/h1,3,5,9-10,14-15H,2,4H2,(H,16,17)(H,18,19)/t9-,10+/m1/s1. The molecule has 2 amide bonds. The van der Waals surface area contributed by atoms with Gasteiger partial charge in [0, 0.05) is 5.02 Å². The van der Waals surface area contributed by atoms with Crippen LogP contribution in [0.25, 0.3) is 0 Å². The van der Waals surface area contributed by atoms with Crippen molar-refractivity contribution < 1.29 is 19.8 Å². The van der Waals surface area contributed by atoms with Gasteiger partial charge in [0.05, 0.1) is 12.1 Å². The molecule has 7 heteroatoms. The number of amides is 2. The topological polar surface area (TPSA) is 98.7 Å². The van der Waals surface area contributed by atoms with Crippen LogP contribution in [0.15, 0.2) is 18.2 Å². The van der Waals surface area contributed by atoms with E-state index in [-0.39, 0.29) is 0 Å². The Bertz CT molecular complexity index is 520. The first-order valence-corrected chi connectivity index (χ1v) is 6.12. The highest BCUT2D eigenvalue weighted by atomic mass is 35.5. The lowest BCUT2D eigenvalue weighted by Crippen LogP contribution is -2.47. The molecule has 1 aromatic carbocycles. The molecule has 0 radical (unpaired) electrons. The lowest BCUT2D eigenvalue weighted by Gasteiger charge is -2.33. The molecule has 0 heterocycles. The molecule has 19 heavy (non-hydrogen) atoms. The maximum atomic E-state index is 10.9. The maximum absolute atomic E-state index is 10.9. The zero-order chi connectivity index (χ0) is 14.0. The van der Waals surface area contributed by atoms with E-state index in [2.05, 4.69) is 10.6 Å². The van der Waals surface area contributed by atoms with Gasteiger partial charge in [-0.05, 0) is 36.1 Å². The van der Waals surface area contributed by atoms with Gasteiger partial charge in [-0.3, -0.25) is 0 Å². The third-order valence-corrected chi connectivity index (χ3v) is 3.39. The van der Waals surface area contributed by atoms with E-state index in [9.17, 15) is 9.59 Å². The van der Waals surface area contributed by atoms with E-state index < -0.39 is 24.3 Å². The molecule has 1 aliphatic rings. The lowest BCUT2D eigenvalue weighted by molar-refractivity contribution is 0.172. The van der Waals surface area contributed by atoms with Gasteiger partial charge in [0.25, 0.3) is 0 Å². The molecule has 0 unspecified atom stereocenters. The van der Waals surface area contributed by atoms with Crippen molar-refractivity contribution >= 4 is 23.8 Å². The van der Waals surface area contributed by atoms with Gasteiger partial charge >= 0.3 is 12.2 Å². The summed E-state index contributed by atoms with van der Waals surface area (Å²) in [5.74, 6) is 0. The maximum Gasteiger partial charge on any atom is 0.405 e. The van der Waals surface area contributed by atoms with Crippen molar-refractivity contribution in [2.24, 2.45) is 0 Å². The molecule has 0 aromatic heterocycles. The van der Waals surface area contributed by atoms with Crippen LogP contribution in [0.1, 0.15) is 23.6 Å². The highest BCUT2D eigenvalue weighted by Crippen LogP contribution is 2.32. The Morgan fingerprint density at radius 1 is 1.21 bits per heavy atom. The quantitative estimate of drug-likeness (QED) is 0.669. The van der Waals surface area contributed by atoms with E-state index in [1.165, 1.54) is 0 Å². The molecule has 0 saturated carbocycles. The molecule has 1 aliphatic carbocycles. The first-order valence-electron chi connectivity index (χ1n) is 5.74. The fraction of sp³-hybridized carbons (Fsp3) is 0.333. The molecular weight excluding hydrogens is 272 g/mol. The second-order valence-electron chi connectivity index (χ2n) is 4.36. The van der Waals surface area contributed by atoms with E-state index in [1.54, 1.807) is 12.1 Å². The number of hydrogen-bond donors (Lipinski definition) is 4. The summed E-state index contributed by atoms with van der Waals surface area (Å²) in [5.41, 5.74) is 1.70. The molecule has 0 aliphatic heterocycles. The Labute approximate surface area is 114 Å². The number of carbonyl (C=O) groups is 2. The monoisotopic (exact) mass is 284 g/mol. The predicted molar refractivity (Wildman–Crippen MR) is 68.6 cm³/mol. The Kier molecular flexibility index (Phi) is 3.80. The van der Waals surface area contributed by atoms with Gasteiger partial charge in [0.2, 0.25) is 0 Å². The molecular formula is C12H13ClN2O4. The van der Waals surface area contributed by atoms with Gasteiger partial charge in [-0.2, -0.15) is 0 Å². The Morgan fingerprint density at radius 2 is 1.89 bits per heavy atom. The van der Waals surface area contributed by atoms with E-state index >= 15 is 0 Å². The van der Waals surface area contributed by atoms with Crippen molar-refractivity contribution in [3.63, 3.8) is 0 Å². The lowest BCUT2D eigenvalue weighted by atomic mass is 9.84. The summed E-state index contributed by atoms with van der Waals surface area (Å²) >= 11 is 5.92. The van der Waals surface area contributed by atoms with Crippen molar-refractivity contribution in [3.8, 4) is 0 Å². The molecule has 2 rings (SSSR count). The van der Waals surface area contributed by atoms with Crippen LogP contribution in [0.5, 0.6) is 0 Å². The summed E-state index contributed by atoms with van der Waals surface area (Å²) in [6.07, 6.45) is -1.16. The van der Waals surface area contributed by atoms with Gasteiger partial charge in [-0.25, -0.2) is 9.59 Å². The summed E-state index contributed by atoms with van der Waals surface area (Å²) in [6.45, 7) is 0. The third-order valence-electron chi connectivity index (χ3n) is 3.16. The number of benzene rings is 1. The number of nitrogens with one attached hydrogen (secondary N) is 2. The molecule has 1 aromatic rings. The molecule has 2 atom stereocenters. The molecule has 0 bridgehead atoms. The zero-order valence-electron chi connectivity index (χ0n) is 9.89. The first kappa shape index (κ1) is 13.5. The fourth-order valence-corrected chi connectivity index (χ4v) is 2.58. The largest absolute Gasteiger partial charge is 0.465 e. The van der Waals surface area contributed by atoms with Crippen molar-refractivity contribution in [2.45, 2.75) is 24.9 Å². The fourth-order valence-electron chi connectivity index (χ4n) is 2.40. The normalized spacial score (nSPS) is 21.3. The second kappa shape index (κ2) is 5.36. The number of aryl methyl sites for hydroxylation is 1.